The molecule has 0 atom stereocenters. The molecule has 1 heterocycles. The lowest BCUT2D eigenvalue weighted by Crippen LogP contribution is -2.24. The van der Waals surface area contributed by atoms with Gasteiger partial charge in [0.2, 0.25) is 11.8 Å². The number of amides is 2. The van der Waals surface area contributed by atoms with Crippen LogP contribution in [0.25, 0.3) is 22.0 Å². The van der Waals surface area contributed by atoms with Gasteiger partial charge in [-0.2, -0.15) is 0 Å². The fraction of sp³-hybridized carbons (Fsp3) is 0.441. The average Bonchev–Trinajstić information content (AvgIpc) is 3.51. The third-order valence-electron chi connectivity index (χ3n) is 7.03. The molecule has 0 fully saturated rings. The van der Waals surface area contributed by atoms with Crippen molar-refractivity contribution in [1.82, 2.24) is 20.2 Å². The summed E-state index contributed by atoms with van der Waals surface area (Å²) in [5.74, 6) is 0.813. The Labute approximate surface area is 251 Å². The summed E-state index contributed by atoms with van der Waals surface area (Å²) in [5.41, 5.74) is 9.23. The highest BCUT2D eigenvalue weighted by molar-refractivity contribution is 5.95. The lowest BCUT2D eigenvalue weighted by Gasteiger charge is -2.24. The second kappa shape index (κ2) is 19.3. The highest BCUT2D eigenvalue weighted by atomic mass is 16.5. The number of nitrogens with two attached hydrogens (primary N) is 1. The average molecular weight is 576 g/mol. The van der Waals surface area contributed by atoms with Gasteiger partial charge in [-0.1, -0.05) is 69.2 Å². The van der Waals surface area contributed by atoms with Crippen molar-refractivity contribution in [2.45, 2.75) is 65.2 Å². The number of fused-ring (bicyclic) bond motifs is 1. The molecule has 0 bridgehead atoms. The molecule has 4 N–H and O–H groups in total. The zero-order valence-corrected chi connectivity index (χ0v) is 26.0. The SMILES string of the molecule is CC.CNC(=O)CCCCCCc1ncc(-c2ccc3ccccc3c2)[nH]1.COCCN(C)C1=CC(C(N)=O)=CCC1. The predicted molar refractivity (Wildman–Crippen MR) is 173 cm³/mol. The number of aryl methyl sites for hydroxylation is 1. The van der Waals surface area contributed by atoms with Gasteiger partial charge in [0, 0.05) is 57.4 Å². The van der Waals surface area contributed by atoms with Crippen LogP contribution in [-0.4, -0.2) is 61.0 Å². The number of primary amides is 1. The van der Waals surface area contributed by atoms with Crippen molar-refractivity contribution >= 4 is 22.6 Å². The van der Waals surface area contributed by atoms with Crippen LogP contribution >= 0.6 is 0 Å². The van der Waals surface area contributed by atoms with Crippen molar-refractivity contribution < 1.29 is 14.3 Å². The Hall–Kier alpha value is -3.91. The van der Waals surface area contributed by atoms with E-state index in [1.807, 2.05) is 39.2 Å². The number of nitrogens with one attached hydrogen (secondary N) is 2. The van der Waals surface area contributed by atoms with E-state index < -0.39 is 0 Å². The smallest absolute Gasteiger partial charge is 0.248 e. The Kier molecular flexibility index (Phi) is 15.7. The second-order valence-corrected chi connectivity index (χ2v) is 10.0. The normalized spacial score (nSPS) is 12.2. The van der Waals surface area contributed by atoms with Crippen LogP contribution in [0.3, 0.4) is 0 Å². The van der Waals surface area contributed by atoms with Crippen LogP contribution in [0.4, 0.5) is 0 Å². The molecule has 1 aromatic heterocycles. The summed E-state index contributed by atoms with van der Waals surface area (Å²) in [6, 6.07) is 14.9. The minimum Gasteiger partial charge on any atom is -0.383 e. The molecule has 2 aromatic carbocycles. The zero-order valence-electron chi connectivity index (χ0n) is 26.0. The highest BCUT2D eigenvalue weighted by Crippen LogP contribution is 2.23. The number of imidazole rings is 1. The van der Waals surface area contributed by atoms with E-state index in [0.717, 1.165) is 68.7 Å². The summed E-state index contributed by atoms with van der Waals surface area (Å²) in [4.78, 5) is 32.2. The number of rotatable bonds is 13. The van der Waals surface area contributed by atoms with Crippen LogP contribution in [0.15, 0.2) is 72.1 Å². The molecule has 2 amide bonds. The molecular formula is C34H49N5O3. The monoisotopic (exact) mass is 575 g/mol. The van der Waals surface area contributed by atoms with Gasteiger partial charge < -0.3 is 25.7 Å². The number of nitrogens with zero attached hydrogens (tertiary/aromatic N) is 2. The van der Waals surface area contributed by atoms with Gasteiger partial charge in [-0.05, 0) is 48.6 Å². The van der Waals surface area contributed by atoms with Gasteiger partial charge in [-0.25, -0.2) is 4.98 Å². The quantitative estimate of drug-likeness (QED) is 0.212. The van der Waals surface area contributed by atoms with E-state index in [-0.39, 0.29) is 11.8 Å². The molecule has 4 rings (SSSR count). The fourth-order valence-corrected chi connectivity index (χ4v) is 4.58. The van der Waals surface area contributed by atoms with Crippen LogP contribution in [0.1, 0.15) is 64.6 Å². The van der Waals surface area contributed by atoms with Crippen molar-refractivity contribution in [3.63, 3.8) is 0 Å². The number of hydrogen-bond donors (Lipinski definition) is 3. The Morgan fingerprint density at radius 3 is 2.52 bits per heavy atom. The fourth-order valence-electron chi connectivity index (χ4n) is 4.58. The van der Waals surface area contributed by atoms with E-state index in [4.69, 9.17) is 10.5 Å². The standard InChI is InChI=1S/C21H25N3O.C11H18N2O2.C2H6/c1-22-21(25)11-5-3-2-4-10-20-23-15-19(24-20)18-13-12-16-8-6-7-9-17(16)14-18;1-13(6-7-15-2)10-5-3-4-9(8-10)11(12)14;1-2/h6-9,12-15H,2-5,10-11H2,1H3,(H,22,25)(H,23,24);4,8H,3,5-7H2,1-2H3,(H2,12,14);1-2H3. The molecule has 8 heteroatoms. The molecule has 8 nitrogen and oxygen atoms in total. The van der Waals surface area contributed by atoms with E-state index in [1.54, 1.807) is 14.2 Å². The number of unbranched alkanes of at least 4 members (excludes halogenated alkanes) is 3. The minimum absolute atomic E-state index is 0.131. The van der Waals surface area contributed by atoms with E-state index in [0.29, 0.717) is 18.6 Å². The zero-order chi connectivity index (χ0) is 30.7. The molecule has 1 aliphatic rings. The maximum atomic E-state index is 11.2. The first-order chi connectivity index (χ1) is 20.4. The van der Waals surface area contributed by atoms with E-state index >= 15 is 0 Å². The van der Waals surface area contributed by atoms with Gasteiger partial charge in [0.15, 0.2) is 0 Å². The number of methoxy groups -OCH3 is 1. The first-order valence-electron chi connectivity index (χ1n) is 15.1. The summed E-state index contributed by atoms with van der Waals surface area (Å²) in [5, 5.41) is 5.15. The molecule has 0 saturated heterocycles. The number of likely N-dealkylation sites (N-methyl/N-ethyl adjacent to an activating group) is 1. The highest BCUT2D eigenvalue weighted by Gasteiger charge is 2.12. The van der Waals surface area contributed by atoms with Gasteiger partial charge in [-0.15, -0.1) is 0 Å². The van der Waals surface area contributed by atoms with Crippen molar-refractivity contribution in [3.05, 3.63) is 77.9 Å². The Morgan fingerprint density at radius 2 is 1.81 bits per heavy atom. The maximum Gasteiger partial charge on any atom is 0.248 e. The van der Waals surface area contributed by atoms with Gasteiger partial charge in [0.25, 0.3) is 0 Å². The lowest BCUT2D eigenvalue weighted by atomic mass is 10.0. The maximum absolute atomic E-state index is 11.2. The van der Waals surface area contributed by atoms with Crippen molar-refractivity contribution in [1.29, 1.82) is 0 Å². The van der Waals surface area contributed by atoms with Gasteiger partial charge >= 0.3 is 0 Å². The molecule has 0 aliphatic heterocycles. The summed E-state index contributed by atoms with van der Waals surface area (Å²) < 4.78 is 5.00. The number of carbonyl (C=O) groups is 2. The summed E-state index contributed by atoms with van der Waals surface area (Å²) in [7, 11) is 5.36. The molecule has 0 spiro atoms. The van der Waals surface area contributed by atoms with Crippen LogP contribution in [0.5, 0.6) is 0 Å². The first-order valence-corrected chi connectivity index (χ1v) is 15.1. The van der Waals surface area contributed by atoms with Crippen LogP contribution in [0, 0.1) is 0 Å². The summed E-state index contributed by atoms with van der Waals surface area (Å²) in [6.45, 7) is 5.51. The predicted octanol–water partition coefficient (Wildman–Crippen LogP) is 6.15. The Balaban J connectivity index is 0.000000311. The number of H-pyrrole nitrogens is 1. The van der Waals surface area contributed by atoms with Crippen molar-refractivity contribution in [2.75, 3.05) is 34.4 Å². The third-order valence-corrected chi connectivity index (χ3v) is 7.03. The number of hydrogen-bond acceptors (Lipinski definition) is 5. The first kappa shape index (κ1) is 34.3. The Morgan fingerprint density at radius 1 is 1.07 bits per heavy atom. The third kappa shape index (κ3) is 11.5. The van der Waals surface area contributed by atoms with E-state index in [2.05, 4.69) is 62.6 Å². The van der Waals surface area contributed by atoms with Crippen molar-refractivity contribution in [2.24, 2.45) is 5.73 Å². The molecule has 0 radical (unpaired) electrons. The number of carbonyl (C=O) groups excluding carboxylic acids is 2. The number of benzene rings is 2. The van der Waals surface area contributed by atoms with E-state index in [1.165, 1.54) is 16.3 Å². The Bertz CT molecular complexity index is 1310. The van der Waals surface area contributed by atoms with Gasteiger partial charge in [0.05, 0.1) is 18.5 Å². The lowest BCUT2D eigenvalue weighted by molar-refractivity contribution is -0.120. The van der Waals surface area contributed by atoms with Crippen molar-refractivity contribution in [3.8, 4) is 11.3 Å². The molecule has 3 aromatic rings. The molecule has 42 heavy (non-hydrogen) atoms. The molecular weight excluding hydrogens is 526 g/mol. The van der Waals surface area contributed by atoms with Crippen LogP contribution in [-0.2, 0) is 20.7 Å². The van der Waals surface area contributed by atoms with Gasteiger partial charge in [-0.3, -0.25) is 9.59 Å². The van der Waals surface area contributed by atoms with Crippen LogP contribution < -0.4 is 11.1 Å². The van der Waals surface area contributed by atoms with Crippen LogP contribution in [0.2, 0.25) is 0 Å². The van der Waals surface area contributed by atoms with Gasteiger partial charge in [0.1, 0.15) is 5.82 Å². The second-order valence-electron chi connectivity index (χ2n) is 10.0. The minimum atomic E-state index is -0.354. The molecule has 0 saturated carbocycles. The topological polar surface area (TPSA) is 113 Å². The molecule has 1 aliphatic carbocycles. The summed E-state index contributed by atoms with van der Waals surface area (Å²) >= 11 is 0. The number of ether oxygens (including phenoxy) is 1. The largest absolute Gasteiger partial charge is 0.383 e. The number of aromatic nitrogens is 2. The van der Waals surface area contributed by atoms with E-state index in [9.17, 15) is 9.59 Å². The summed E-state index contributed by atoms with van der Waals surface area (Å²) in [6.07, 6.45) is 13.4. The molecule has 228 valence electrons. The molecule has 0 unspecified atom stereocenters. The number of aromatic amines is 1. The number of allylic oxidation sites excluding steroid dienone is 2.